The maximum absolute atomic E-state index is 12.5. The Balaban J connectivity index is 1.73. The van der Waals surface area contributed by atoms with Crippen molar-refractivity contribution in [1.82, 2.24) is 9.55 Å². The van der Waals surface area contributed by atoms with Crippen LogP contribution in [0.15, 0.2) is 48.5 Å². The number of benzene rings is 2. The van der Waals surface area contributed by atoms with Gasteiger partial charge in [-0.15, -0.1) is 13.2 Å². The third-order valence-corrected chi connectivity index (χ3v) is 6.20. The zero-order valence-corrected chi connectivity index (χ0v) is 19.8. The van der Waals surface area contributed by atoms with Gasteiger partial charge in [-0.2, -0.15) is 0 Å². The molecule has 2 unspecified atom stereocenters. The fraction of sp³-hybridized carbons (Fsp3) is 0.385. The number of carboxylic acids is 1. The number of fused-ring (bicyclic) bond motifs is 1. The summed E-state index contributed by atoms with van der Waals surface area (Å²) in [4.78, 5) is 15.7. The number of imidazole rings is 1. The number of nitrogens with one attached hydrogen (secondary N) is 1. The summed E-state index contributed by atoms with van der Waals surface area (Å²) in [6.45, 7) is 6.76. The van der Waals surface area contributed by atoms with Crippen molar-refractivity contribution in [3.63, 3.8) is 0 Å². The summed E-state index contributed by atoms with van der Waals surface area (Å²) >= 11 is 0. The van der Waals surface area contributed by atoms with E-state index in [9.17, 15) is 18.0 Å². The number of rotatable bonds is 6. The van der Waals surface area contributed by atoms with Gasteiger partial charge in [0, 0.05) is 17.8 Å². The molecule has 1 aliphatic carbocycles. The van der Waals surface area contributed by atoms with E-state index in [1.54, 1.807) is 0 Å². The lowest BCUT2D eigenvalue weighted by Crippen LogP contribution is -2.29. The topological polar surface area (TPSA) is 76.4 Å². The molecule has 0 spiro atoms. The Morgan fingerprint density at radius 3 is 2.54 bits per heavy atom. The Morgan fingerprint density at radius 2 is 1.91 bits per heavy atom. The minimum absolute atomic E-state index is 0.150. The predicted octanol–water partition coefficient (Wildman–Crippen LogP) is 7.16. The van der Waals surface area contributed by atoms with Gasteiger partial charge in [-0.1, -0.05) is 26.8 Å². The quantitative estimate of drug-likeness (QED) is 0.361. The molecule has 2 N–H and O–H groups in total. The number of hydrogen-bond donors (Lipinski definition) is 2. The minimum atomic E-state index is -4.75. The van der Waals surface area contributed by atoms with Crippen LogP contribution in [0.1, 0.15) is 51.6 Å². The molecule has 0 radical (unpaired) electrons. The number of aliphatic carboxylic acids is 1. The van der Waals surface area contributed by atoms with Gasteiger partial charge in [0.2, 0.25) is 5.95 Å². The van der Waals surface area contributed by atoms with Crippen molar-refractivity contribution in [3.05, 3.63) is 54.1 Å². The summed E-state index contributed by atoms with van der Waals surface area (Å²) < 4.78 is 43.6. The van der Waals surface area contributed by atoms with Gasteiger partial charge in [0.15, 0.2) is 0 Å². The number of hydrogen-bond acceptors (Lipinski definition) is 4. The molecule has 186 valence electrons. The van der Waals surface area contributed by atoms with Crippen LogP contribution in [0.3, 0.4) is 0 Å². The van der Waals surface area contributed by atoms with Crippen LogP contribution in [0, 0.1) is 11.3 Å². The molecular weight excluding hydrogens is 459 g/mol. The molecule has 2 atom stereocenters. The normalized spacial score (nSPS) is 20.3. The maximum atomic E-state index is 12.5. The van der Waals surface area contributed by atoms with Crippen LogP contribution < -0.4 is 10.1 Å². The van der Waals surface area contributed by atoms with Crippen molar-refractivity contribution in [2.75, 3.05) is 5.32 Å². The molecule has 4 rings (SSSR count). The highest BCUT2D eigenvalue weighted by atomic mass is 19.4. The first-order chi connectivity index (χ1) is 16.4. The van der Waals surface area contributed by atoms with Crippen LogP contribution in [0.25, 0.3) is 17.1 Å². The highest BCUT2D eigenvalue weighted by Crippen LogP contribution is 2.46. The van der Waals surface area contributed by atoms with E-state index in [2.05, 4.69) is 35.4 Å². The van der Waals surface area contributed by atoms with Crippen molar-refractivity contribution in [2.45, 2.75) is 52.4 Å². The molecule has 0 bridgehead atoms. The van der Waals surface area contributed by atoms with Gasteiger partial charge in [-0.25, -0.2) is 9.78 Å². The SMILES string of the molecule is CC1CC(n2c(Nc3ccc(OC(F)(F)F)cc3)nc3cc(/C=C/C(=O)O)ccc32)CC(C)(C)C1. The van der Waals surface area contributed by atoms with Gasteiger partial charge < -0.3 is 19.7 Å². The number of aromatic nitrogens is 2. The largest absolute Gasteiger partial charge is 0.573 e. The molecule has 6 nitrogen and oxygen atoms in total. The molecule has 1 saturated carbocycles. The molecule has 3 aromatic rings. The Morgan fingerprint density at radius 1 is 1.20 bits per heavy atom. The van der Waals surface area contributed by atoms with E-state index >= 15 is 0 Å². The molecule has 0 amide bonds. The molecule has 1 fully saturated rings. The number of anilines is 2. The van der Waals surface area contributed by atoms with E-state index in [-0.39, 0.29) is 17.2 Å². The number of carbonyl (C=O) groups is 1. The van der Waals surface area contributed by atoms with Crippen LogP contribution in [-0.2, 0) is 4.79 Å². The van der Waals surface area contributed by atoms with Gasteiger partial charge in [0.1, 0.15) is 5.75 Å². The Kier molecular flexibility index (Phi) is 6.53. The Labute approximate surface area is 201 Å². The number of ether oxygens (including phenoxy) is 1. The van der Waals surface area contributed by atoms with Crippen LogP contribution >= 0.6 is 0 Å². The van der Waals surface area contributed by atoms with Gasteiger partial charge in [-0.05, 0) is 78.6 Å². The molecule has 1 aromatic heterocycles. The van der Waals surface area contributed by atoms with Crippen LogP contribution in [0.2, 0.25) is 0 Å². The van der Waals surface area contributed by atoms with E-state index in [1.807, 2.05) is 18.2 Å². The van der Waals surface area contributed by atoms with Gasteiger partial charge in [0.25, 0.3) is 0 Å². The molecule has 9 heteroatoms. The lowest BCUT2D eigenvalue weighted by atomic mass is 9.70. The summed E-state index contributed by atoms with van der Waals surface area (Å²) in [6, 6.07) is 11.3. The molecule has 2 aromatic carbocycles. The third-order valence-electron chi connectivity index (χ3n) is 6.20. The average molecular weight is 488 g/mol. The standard InChI is InChI=1S/C26H28F3N3O3/c1-16-12-19(15-25(2,3)14-16)32-22-10-4-17(5-11-23(33)34)13-21(22)31-24(32)30-18-6-8-20(9-7-18)35-26(27,28)29/h4-11,13,16,19H,12,14-15H2,1-3H3,(H,30,31)(H,33,34)/b11-5+. The van der Waals surface area contributed by atoms with E-state index in [1.165, 1.54) is 30.3 Å². The van der Waals surface area contributed by atoms with E-state index in [0.717, 1.165) is 30.9 Å². The Bertz CT molecular complexity index is 1250. The number of carboxylic acid groups (broad SMARTS) is 1. The number of alkyl halides is 3. The van der Waals surface area contributed by atoms with E-state index < -0.39 is 12.3 Å². The monoisotopic (exact) mass is 487 g/mol. The second kappa shape index (κ2) is 9.28. The second-order valence-corrected chi connectivity index (χ2v) is 9.99. The molecule has 1 heterocycles. The van der Waals surface area contributed by atoms with Crippen LogP contribution in [-0.4, -0.2) is 27.0 Å². The van der Waals surface area contributed by atoms with Crippen molar-refractivity contribution in [3.8, 4) is 5.75 Å². The minimum Gasteiger partial charge on any atom is -0.478 e. The summed E-state index contributed by atoms with van der Waals surface area (Å²) in [6.07, 6.45) is 0.898. The van der Waals surface area contributed by atoms with Gasteiger partial charge in [0.05, 0.1) is 11.0 Å². The first-order valence-corrected chi connectivity index (χ1v) is 11.4. The zero-order chi connectivity index (χ0) is 25.4. The molecule has 0 saturated heterocycles. The van der Waals surface area contributed by atoms with Crippen LogP contribution in [0.4, 0.5) is 24.8 Å². The number of halogens is 3. The number of nitrogens with zero attached hydrogens (tertiary/aromatic N) is 2. The second-order valence-electron chi connectivity index (χ2n) is 9.99. The van der Waals surface area contributed by atoms with Gasteiger partial charge in [-0.3, -0.25) is 0 Å². The first kappa shape index (κ1) is 24.6. The summed E-state index contributed by atoms with van der Waals surface area (Å²) in [5.74, 6) is -0.229. The first-order valence-electron chi connectivity index (χ1n) is 11.4. The average Bonchev–Trinajstić information content (AvgIpc) is 3.08. The van der Waals surface area contributed by atoms with Gasteiger partial charge >= 0.3 is 12.3 Å². The molecule has 0 aliphatic heterocycles. The highest BCUT2D eigenvalue weighted by molar-refractivity contribution is 5.87. The predicted molar refractivity (Wildman–Crippen MR) is 129 cm³/mol. The van der Waals surface area contributed by atoms with Crippen molar-refractivity contribution in [1.29, 1.82) is 0 Å². The summed E-state index contributed by atoms with van der Waals surface area (Å²) in [5, 5.41) is 12.2. The van der Waals surface area contributed by atoms with Crippen molar-refractivity contribution < 1.29 is 27.8 Å². The third kappa shape index (κ3) is 6.15. The molecule has 35 heavy (non-hydrogen) atoms. The molecular formula is C26H28F3N3O3. The lowest BCUT2D eigenvalue weighted by Gasteiger charge is -2.40. The van der Waals surface area contributed by atoms with E-state index in [4.69, 9.17) is 10.1 Å². The highest BCUT2D eigenvalue weighted by Gasteiger charge is 2.35. The van der Waals surface area contributed by atoms with E-state index in [0.29, 0.717) is 28.6 Å². The Hall–Kier alpha value is -3.49. The summed E-state index contributed by atoms with van der Waals surface area (Å²) in [5.41, 5.74) is 3.05. The van der Waals surface area contributed by atoms with Crippen LogP contribution in [0.5, 0.6) is 5.75 Å². The van der Waals surface area contributed by atoms with Crippen molar-refractivity contribution >= 4 is 34.7 Å². The lowest BCUT2D eigenvalue weighted by molar-refractivity contribution is -0.274. The summed E-state index contributed by atoms with van der Waals surface area (Å²) in [7, 11) is 0. The fourth-order valence-electron chi connectivity index (χ4n) is 5.21. The van der Waals surface area contributed by atoms with Crippen molar-refractivity contribution in [2.24, 2.45) is 11.3 Å². The zero-order valence-electron chi connectivity index (χ0n) is 19.8. The molecule has 1 aliphatic rings. The maximum Gasteiger partial charge on any atom is 0.573 e. The fourth-order valence-corrected chi connectivity index (χ4v) is 5.21. The smallest absolute Gasteiger partial charge is 0.478 e.